The highest BCUT2D eigenvalue weighted by Gasteiger charge is 2.37. The van der Waals surface area contributed by atoms with Crippen LogP contribution in [-0.4, -0.2) is 50.7 Å². The quantitative estimate of drug-likeness (QED) is 0.556. The maximum absolute atomic E-state index is 12.4. The van der Waals surface area contributed by atoms with Gasteiger partial charge in [0.1, 0.15) is 0 Å². The zero-order valence-corrected chi connectivity index (χ0v) is 15.5. The highest BCUT2D eigenvalue weighted by molar-refractivity contribution is 6.00. The van der Waals surface area contributed by atoms with Crippen molar-refractivity contribution in [2.45, 2.75) is 32.8 Å². The number of rotatable bonds is 8. The minimum Gasteiger partial charge on any atom is -0.452 e. The lowest BCUT2D eigenvalue weighted by Crippen LogP contribution is -2.38. The summed E-state index contributed by atoms with van der Waals surface area (Å²) in [7, 11) is 1.54. The summed E-state index contributed by atoms with van der Waals surface area (Å²) in [4.78, 5) is 38.3. The average molecular weight is 362 g/mol. The zero-order valence-electron chi connectivity index (χ0n) is 15.5. The fourth-order valence-corrected chi connectivity index (χ4v) is 2.92. The molecule has 7 heteroatoms. The van der Waals surface area contributed by atoms with Crippen LogP contribution in [0.15, 0.2) is 24.3 Å². The van der Waals surface area contributed by atoms with Crippen LogP contribution in [0.2, 0.25) is 0 Å². The summed E-state index contributed by atoms with van der Waals surface area (Å²) in [6.45, 7) is 4.54. The molecule has 1 fully saturated rings. The third-order valence-electron chi connectivity index (χ3n) is 4.39. The van der Waals surface area contributed by atoms with Gasteiger partial charge in [-0.25, -0.2) is 0 Å². The average Bonchev–Trinajstić information content (AvgIpc) is 3.03. The smallest absolute Gasteiger partial charge is 0.312 e. The molecule has 2 atom stereocenters. The van der Waals surface area contributed by atoms with E-state index in [4.69, 9.17) is 9.47 Å². The molecule has 0 unspecified atom stereocenters. The number of para-hydroxylation sites is 1. The van der Waals surface area contributed by atoms with Crippen LogP contribution in [-0.2, 0) is 30.3 Å². The first-order valence-corrected chi connectivity index (χ1v) is 8.83. The van der Waals surface area contributed by atoms with Gasteiger partial charge in [-0.3, -0.25) is 14.4 Å². The normalized spacial score (nSPS) is 17.9. The number of ether oxygens (including phenoxy) is 2. The molecule has 2 amide bonds. The number of hydrogen-bond acceptors (Lipinski definition) is 5. The summed E-state index contributed by atoms with van der Waals surface area (Å²) in [6.07, 6.45) is -0.0192. The van der Waals surface area contributed by atoms with Crippen LogP contribution in [0.3, 0.4) is 0 Å². The van der Waals surface area contributed by atoms with Crippen LogP contribution >= 0.6 is 0 Å². The first-order chi connectivity index (χ1) is 12.5. The van der Waals surface area contributed by atoms with Gasteiger partial charge < -0.3 is 19.7 Å². The van der Waals surface area contributed by atoms with Crippen molar-refractivity contribution in [2.24, 2.45) is 5.92 Å². The number of carbonyl (C=O) groups is 3. The molecule has 7 nitrogen and oxygen atoms in total. The highest BCUT2D eigenvalue weighted by Crippen LogP contribution is 2.29. The third kappa shape index (κ3) is 4.82. The lowest BCUT2D eigenvalue weighted by Gasteiger charge is -2.20. The Labute approximate surface area is 153 Å². The number of carbonyl (C=O) groups excluding carboxylic acids is 3. The van der Waals surface area contributed by atoms with E-state index in [1.165, 1.54) is 14.0 Å². The Kier molecular flexibility index (Phi) is 7.15. The van der Waals surface area contributed by atoms with E-state index >= 15 is 0 Å². The zero-order chi connectivity index (χ0) is 19.1. The monoisotopic (exact) mass is 362 g/mol. The SMILES string of the molecule is CCc1ccccc1N1C[C@H](C(=O)O[C@@H](C)C(=O)NCCOC)CC1=O. The van der Waals surface area contributed by atoms with Gasteiger partial charge in [-0.15, -0.1) is 0 Å². The second kappa shape index (κ2) is 9.33. The molecule has 26 heavy (non-hydrogen) atoms. The van der Waals surface area contributed by atoms with Crippen molar-refractivity contribution in [3.63, 3.8) is 0 Å². The molecule has 142 valence electrons. The summed E-state index contributed by atoms with van der Waals surface area (Å²) in [5.74, 6) is -1.58. The number of esters is 1. The maximum atomic E-state index is 12.4. The number of anilines is 1. The van der Waals surface area contributed by atoms with Gasteiger partial charge in [0.25, 0.3) is 5.91 Å². The summed E-state index contributed by atoms with van der Waals surface area (Å²) in [5, 5.41) is 2.62. The summed E-state index contributed by atoms with van der Waals surface area (Å²) < 4.78 is 10.1. The molecule has 0 aliphatic carbocycles. The molecule has 0 aromatic heterocycles. The van der Waals surface area contributed by atoms with Crippen molar-refractivity contribution in [2.75, 3.05) is 31.7 Å². The van der Waals surface area contributed by atoms with Gasteiger partial charge >= 0.3 is 5.97 Å². The molecule has 1 aliphatic heterocycles. The predicted molar refractivity (Wildman–Crippen MR) is 96.7 cm³/mol. The van der Waals surface area contributed by atoms with E-state index in [9.17, 15) is 14.4 Å². The van der Waals surface area contributed by atoms with Crippen molar-refractivity contribution in [1.29, 1.82) is 0 Å². The first kappa shape index (κ1) is 19.9. The third-order valence-corrected chi connectivity index (χ3v) is 4.39. The van der Waals surface area contributed by atoms with Crippen molar-refractivity contribution in [3.8, 4) is 0 Å². The number of amides is 2. The van der Waals surface area contributed by atoms with Gasteiger partial charge in [0.2, 0.25) is 5.91 Å². The molecule has 0 bridgehead atoms. The van der Waals surface area contributed by atoms with Crippen LogP contribution in [0.25, 0.3) is 0 Å². The Balaban J connectivity index is 1.95. The highest BCUT2D eigenvalue weighted by atomic mass is 16.5. The van der Waals surface area contributed by atoms with Gasteiger partial charge in [-0.05, 0) is 25.0 Å². The molecule has 1 N–H and O–H groups in total. The van der Waals surface area contributed by atoms with E-state index in [0.29, 0.717) is 13.2 Å². The van der Waals surface area contributed by atoms with Crippen LogP contribution in [0.4, 0.5) is 5.69 Å². The molecule has 0 spiro atoms. The number of methoxy groups -OCH3 is 1. The molecular weight excluding hydrogens is 336 g/mol. The Hall–Kier alpha value is -2.41. The molecule has 1 aromatic carbocycles. The first-order valence-electron chi connectivity index (χ1n) is 8.83. The maximum Gasteiger partial charge on any atom is 0.312 e. The number of aryl methyl sites for hydroxylation is 1. The second-order valence-corrected chi connectivity index (χ2v) is 6.25. The van der Waals surface area contributed by atoms with Crippen molar-refractivity contribution in [1.82, 2.24) is 5.32 Å². The van der Waals surface area contributed by atoms with E-state index in [1.54, 1.807) is 4.90 Å². The summed E-state index contributed by atoms with van der Waals surface area (Å²) >= 11 is 0. The van der Waals surface area contributed by atoms with Crippen LogP contribution in [0, 0.1) is 5.92 Å². The number of nitrogens with one attached hydrogen (secondary N) is 1. The Morgan fingerprint density at radius 1 is 1.35 bits per heavy atom. The molecule has 1 aliphatic rings. The Morgan fingerprint density at radius 3 is 2.77 bits per heavy atom. The van der Waals surface area contributed by atoms with E-state index in [-0.39, 0.29) is 24.8 Å². The van der Waals surface area contributed by atoms with Crippen LogP contribution in [0.1, 0.15) is 25.8 Å². The lowest BCUT2D eigenvalue weighted by molar-refractivity contribution is -0.158. The molecule has 0 radical (unpaired) electrons. The van der Waals surface area contributed by atoms with Crippen molar-refractivity contribution in [3.05, 3.63) is 29.8 Å². The summed E-state index contributed by atoms with van der Waals surface area (Å²) in [5.41, 5.74) is 1.89. The topological polar surface area (TPSA) is 84.9 Å². The lowest BCUT2D eigenvalue weighted by atomic mass is 10.1. The van der Waals surface area contributed by atoms with Crippen molar-refractivity contribution < 1.29 is 23.9 Å². The molecule has 1 saturated heterocycles. The fraction of sp³-hybridized carbons (Fsp3) is 0.526. The molecule has 1 heterocycles. The standard InChI is InChI=1S/C19H26N2O5/c1-4-14-7-5-6-8-16(14)21-12-15(11-17(21)22)19(24)26-13(2)18(23)20-9-10-25-3/h5-8,13,15H,4,9-12H2,1-3H3,(H,20,23)/t13-,15+/m0/s1. The molecule has 1 aromatic rings. The van der Waals surface area contributed by atoms with E-state index in [0.717, 1.165) is 17.7 Å². The van der Waals surface area contributed by atoms with Gasteiger partial charge in [0.15, 0.2) is 6.10 Å². The second-order valence-electron chi connectivity index (χ2n) is 6.25. The molecule has 2 rings (SSSR count). The minimum absolute atomic E-state index is 0.0922. The minimum atomic E-state index is -0.911. The van der Waals surface area contributed by atoms with Gasteiger partial charge in [0.05, 0.1) is 12.5 Å². The van der Waals surface area contributed by atoms with E-state index in [1.807, 2.05) is 31.2 Å². The number of hydrogen-bond donors (Lipinski definition) is 1. The fourth-order valence-electron chi connectivity index (χ4n) is 2.92. The van der Waals surface area contributed by atoms with E-state index in [2.05, 4.69) is 5.32 Å². The van der Waals surface area contributed by atoms with Crippen LogP contribution in [0.5, 0.6) is 0 Å². The molecular formula is C19H26N2O5. The Morgan fingerprint density at radius 2 is 2.08 bits per heavy atom. The van der Waals surface area contributed by atoms with Gasteiger partial charge in [-0.1, -0.05) is 25.1 Å². The number of benzene rings is 1. The predicted octanol–water partition coefficient (Wildman–Crippen LogP) is 1.30. The largest absolute Gasteiger partial charge is 0.452 e. The van der Waals surface area contributed by atoms with Gasteiger partial charge in [0, 0.05) is 32.3 Å². The molecule has 0 saturated carbocycles. The summed E-state index contributed by atoms with van der Waals surface area (Å²) in [6, 6.07) is 7.66. The van der Waals surface area contributed by atoms with Crippen LogP contribution < -0.4 is 10.2 Å². The van der Waals surface area contributed by atoms with Gasteiger partial charge in [-0.2, -0.15) is 0 Å². The van der Waals surface area contributed by atoms with E-state index < -0.39 is 18.0 Å². The van der Waals surface area contributed by atoms with Crippen molar-refractivity contribution >= 4 is 23.5 Å². The number of nitrogens with zero attached hydrogens (tertiary/aromatic N) is 1. The Bertz CT molecular complexity index is 661.